The van der Waals surface area contributed by atoms with E-state index in [2.05, 4.69) is 5.32 Å². The predicted molar refractivity (Wildman–Crippen MR) is 129 cm³/mol. The van der Waals surface area contributed by atoms with Crippen LogP contribution in [0.2, 0.25) is 15.1 Å². The number of hydrogen-bond donors (Lipinski definition) is 1. The number of halogens is 3. The fourth-order valence-corrected chi connectivity index (χ4v) is 4.65. The second-order valence-electron chi connectivity index (χ2n) is 7.09. The van der Waals surface area contributed by atoms with Gasteiger partial charge in [0.2, 0.25) is 21.8 Å². The molecule has 11 heteroatoms. The Morgan fingerprint density at radius 1 is 1.06 bits per heavy atom. The molecule has 0 aliphatic heterocycles. The first-order valence-corrected chi connectivity index (χ1v) is 12.7. The molecule has 174 valence electrons. The van der Waals surface area contributed by atoms with Gasteiger partial charge in [-0.05, 0) is 49.7 Å². The normalized spacial score (nSPS) is 12.2. The molecule has 0 aliphatic rings. The van der Waals surface area contributed by atoms with Crippen molar-refractivity contribution in [3.05, 3.63) is 63.1 Å². The van der Waals surface area contributed by atoms with Crippen LogP contribution in [0.4, 0.5) is 5.69 Å². The van der Waals surface area contributed by atoms with Crippen LogP contribution >= 0.6 is 34.8 Å². The maximum atomic E-state index is 13.3. The zero-order valence-electron chi connectivity index (χ0n) is 17.8. The molecule has 0 aliphatic carbocycles. The Hall–Kier alpha value is -2.00. The van der Waals surface area contributed by atoms with E-state index in [0.29, 0.717) is 22.2 Å². The number of anilines is 1. The van der Waals surface area contributed by atoms with Gasteiger partial charge in [0.25, 0.3) is 0 Å². The number of benzene rings is 2. The molecule has 0 heterocycles. The monoisotopic (exact) mass is 519 g/mol. The highest BCUT2D eigenvalue weighted by molar-refractivity contribution is 7.92. The van der Waals surface area contributed by atoms with E-state index in [1.54, 1.807) is 38.1 Å². The number of likely N-dealkylation sites (N-methyl/N-ethyl adjacent to an activating group) is 1. The molecule has 0 spiro atoms. The average Bonchev–Trinajstić information content (AvgIpc) is 2.69. The third-order valence-corrected chi connectivity index (χ3v) is 6.52. The number of nitrogens with one attached hydrogen (secondary N) is 1. The van der Waals surface area contributed by atoms with Crippen molar-refractivity contribution in [2.24, 2.45) is 0 Å². The molecular weight excluding hydrogens is 497 g/mol. The van der Waals surface area contributed by atoms with Crippen LogP contribution < -0.4 is 9.62 Å². The minimum absolute atomic E-state index is 0.0592. The third kappa shape index (κ3) is 7.00. The van der Waals surface area contributed by atoms with Crippen molar-refractivity contribution in [2.75, 3.05) is 23.7 Å². The van der Waals surface area contributed by atoms with Gasteiger partial charge in [-0.3, -0.25) is 13.9 Å². The van der Waals surface area contributed by atoms with Crippen molar-refractivity contribution >= 4 is 62.3 Å². The maximum Gasteiger partial charge on any atom is 0.244 e. The van der Waals surface area contributed by atoms with Crippen molar-refractivity contribution in [3.63, 3.8) is 0 Å². The van der Waals surface area contributed by atoms with Crippen molar-refractivity contribution in [1.82, 2.24) is 10.2 Å². The van der Waals surface area contributed by atoms with Crippen molar-refractivity contribution in [2.45, 2.75) is 26.4 Å². The summed E-state index contributed by atoms with van der Waals surface area (Å²) in [6, 6.07) is 10.3. The first kappa shape index (κ1) is 26.3. The number of carbonyl (C=O) groups is 2. The van der Waals surface area contributed by atoms with Gasteiger partial charge in [0.1, 0.15) is 12.6 Å². The van der Waals surface area contributed by atoms with Crippen LogP contribution in [-0.2, 0) is 26.2 Å². The van der Waals surface area contributed by atoms with Crippen LogP contribution in [0.5, 0.6) is 0 Å². The summed E-state index contributed by atoms with van der Waals surface area (Å²) in [5, 5.41) is 3.56. The zero-order chi connectivity index (χ0) is 24.1. The molecule has 0 aromatic heterocycles. The van der Waals surface area contributed by atoms with Gasteiger partial charge in [-0.25, -0.2) is 8.42 Å². The Bertz CT molecular complexity index is 1100. The van der Waals surface area contributed by atoms with Gasteiger partial charge in [0.15, 0.2) is 0 Å². The molecule has 0 radical (unpaired) electrons. The average molecular weight is 521 g/mol. The van der Waals surface area contributed by atoms with Crippen LogP contribution in [0.25, 0.3) is 0 Å². The quantitative estimate of drug-likeness (QED) is 0.542. The lowest BCUT2D eigenvalue weighted by Crippen LogP contribution is -2.51. The molecule has 2 rings (SSSR count). The topological polar surface area (TPSA) is 86.8 Å². The molecule has 2 aromatic rings. The summed E-state index contributed by atoms with van der Waals surface area (Å²) in [4.78, 5) is 27.1. The second-order valence-corrected chi connectivity index (χ2v) is 10.3. The Morgan fingerprint density at radius 2 is 1.72 bits per heavy atom. The highest BCUT2D eigenvalue weighted by atomic mass is 35.5. The largest absolute Gasteiger partial charge is 0.355 e. The van der Waals surface area contributed by atoms with E-state index in [-0.39, 0.29) is 23.2 Å². The summed E-state index contributed by atoms with van der Waals surface area (Å²) >= 11 is 18.2. The first-order valence-electron chi connectivity index (χ1n) is 9.68. The second kappa shape index (κ2) is 11.2. The van der Waals surface area contributed by atoms with Gasteiger partial charge in [-0.15, -0.1) is 0 Å². The molecule has 1 N–H and O–H groups in total. The van der Waals surface area contributed by atoms with Crippen molar-refractivity contribution in [3.8, 4) is 0 Å². The summed E-state index contributed by atoms with van der Waals surface area (Å²) in [6.45, 7) is 3.24. The van der Waals surface area contributed by atoms with Crippen LogP contribution in [0.1, 0.15) is 19.4 Å². The number of nitrogens with zero attached hydrogens (tertiary/aromatic N) is 2. The van der Waals surface area contributed by atoms with E-state index in [1.165, 1.54) is 23.1 Å². The summed E-state index contributed by atoms with van der Waals surface area (Å²) in [7, 11) is -3.88. The van der Waals surface area contributed by atoms with Gasteiger partial charge in [0.05, 0.1) is 17.0 Å². The highest BCUT2D eigenvalue weighted by Crippen LogP contribution is 2.30. The van der Waals surface area contributed by atoms with Crippen LogP contribution in [-0.4, -0.2) is 50.5 Å². The van der Waals surface area contributed by atoms with Crippen LogP contribution in [0, 0.1) is 0 Å². The van der Waals surface area contributed by atoms with E-state index in [4.69, 9.17) is 34.8 Å². The van der Waals surface area contributed by atoms with E-state index in [0.717, 1.165) is 10.6 Å². The van der Waals surface area contributed by atoms with Gasteiger partial charge in [0, 0.05) is 23.1 Å². The fraction of sp³-hybridized carbons (Fsp3) is 0.333. The van der Waals surface area contributed by atoms with Gasteiger partial charge >= 0.3 is 0 Å². The Kier molecular flexibility index (Phi) is 9.21. The summed E-state index contributed by atoms with van der Waals surface area (Å²) in [5.74, 6) is -0.946. The number of carbonyl (C=O) groups excluding carboxylic acids is 2. The minimum Gasteiger partial charge on any atom is -0.355 e. The van der Waals surface area contributed by atoms with Gasteiger partial charge in [-0.1, -0.05) is 46.9 Å². The number of amides is 2. The summed E-state index contributed by atoms with van der Waals surface area (Å²) < 4.78 is 25.9. The van der Waals surface area contributed by atoms with Gasteiger partial charge < -0.3 is 10.2 Å². The van der Waals surface area contributed by atoms with E-state index in [1.807, 2.05) is 0 Å². The molecule has 1 atom stereocenters. The maximum absolute atomic E-state index is 13.3. The Morgan fingerprint density at radius 3 is 2.28 bits per heavy atom. The zero-order valence-corrected chi connectivity index (χ0v) is 20.9. The Labute approximate surface area is 203 Å². The van der Waals surface area contributed by atoms with E-state index >= 15 is 0 Å². The van der Waals surface area contributed by atoms with Crippen molar-refractivity contribution < 1.29 is 18.0 Å². The number of hydrogen-bond acceptors (Lipinski definition) is 4. The summed E-state index contributed by atoms with van der Waals surface area (Å²) in [5.41, 5.74) is 0.803. The highest BCUT2D eigenvalue weighted by Gasteiger charge is 2.30. The minimum atomic E-state index is -3.88. The van der Waals surface area contributed by atoms with E-state index in [9.17, 15) is 18.0 Å². The van der Waals surface area contributed by atoms with E-state index < -0.39 is 28.5 Å². The molecule has 2 amide bonds. The summed E-state index contributed by atoms with van der Waals surface area (Å²) in [6.07, 6.45) is 0.972. The van der Waals surface area contributed by atoms with Crippen molar-refractivity contribution in [1.29, 1.82) is 0 Å². The molecule has 2 aromatic carbocycles. The lowest BCUT2D eigenvalue weighted by atomic mass is 10.1. The third-order valence-electron chi connectivity index (χ3n) is 4.62. The molecule has 0 saturated carbocycles. The molecule has 0 fully saturated rings. The molecule has 0 bridgehead atoms. The van der Waals surface area contributed by atoms with Gasteiger partial charge in [-0.2, -0.15) is 0 Å². The molecule has 7 nitrogen and oxygen atoms in total. The smallest absolute Gasteiger partial charge is 0.244 e. The number of rotatable bonds is 9. The SMILES string of the molecule is CCNC(=O)[C@H](C)N(Cc1cccc(Cl)c1)C(=O)CN(c1ccc(Cl)cc1Cl)S(C)(=O)=O. The Balaban J connectivity index is 2.42. The molecule has 32 heavy (non-hydrogen) atoms. The fourth-order valence-electron chi connectivity index (χ4n) is 3.01. The lowest BCUT2D eigenvalue weighted by molar-refractivity contribution is -0.139. The molecular formula is C21H24Cl3N3O4S. The molecule has 0 saturated heterocycles. The number of sulfonamides is 1. The lowest BCUT2D eigenvalue weighted by Gasteiger charge is -2.31. The molecule has 0 unspecified atom stereocenters. The standard InChI is InChI=1S/C21H24Cl3N3O4S/c1-4-25-21(29)14(2)26(12-15-6-5-7-16(22)10-15)20(28)13-27(32(3,30)31)19-9-8-17(23)11-18(19)24/h5-11,14H,4,12-13H2,1-3H3,(H,25,29)/t14-/m0/s1. The van der Waals surface area contributed by atoms with Crippen LogP contribution in [0.3, 0.4) is 0 Å². The first-order chi connectivity index (χ1) is 14.9. The predicted octanol–water partition coefficient (Wildman–Crippen LogP) is 3.97. The van der Waals surface area contributed by atoms with Crippen LogP contribution in [0.15, 0.2) is 42.5 Å².